The molecule has 138 valence electrons. The van der Waals surface area contributed by atoms with Crippen LogP contribution in [0, 0.1) is 5.92 Å². The molecule has 1 atom stereocenters. The molecule has 2 aromatic rings. The molecule has 0 bridgehead atoms. The highest BCUT2D eigenvalue weighted by Crippen LogP contribution is 2.29. The number of rotatable bonds is 4. The molecule has 0 saturated carbocycles. The standard InChI is InChI=1S/C18H24N6O2/c1-3-12-6-19-16-15(12)17(21-10-20-16)23-5-4-14(9-23)22-18(26)13-7-24(8-13)11(2)25/h6,10,13-14H,3-5,7-9H2,1-2H3,(H,22,26)(H,19,20,21)/t14-/m0/s1. The van der Waals surface area contributed by atoms with Crippen LogP contribution in [0.1, 0.15) is 25.8 Å². The molecular weight excluding hydrogens is 332 g/mol. The summed E-state index contributed by atoms with van der Waals surface area (Å²) in [4.78, 5) is 39.6. The molecule has 4 rings (SSSR count). The van der Waals surface area contributed by atoms with Crippen LogP contribution in [-0.4, -0.2) is 63.9 Å². The van der Waals surface area contributed by atoms with Crippen molar-refractivity contribution in [1.82, 2.24) is 25.2 Å². The van der Waals surface area contributed by atoms with Crippen molar-refractivity contribution in [2.45, 2.75) is 32.7 Å². The zero-order valence-corrected chi connectivity index (χ0v) is 15.2. The first kappa shape index (κ1) is 16.8. The maximum Gasteiger partial charge on any atom is 0.226 e. The van der Waals surface area contributed by atoms with Gasteiger partial charge in [-0.1, -0.05) is 6.92 Å². The summed E-state index contributed by atoms with van der Waals surface area (Å²) in [5.41, 5.74) is 2.07. The van der Waals surface area contributed by atoms with Crippen molar-refractivity contribution < 1.29 is 9.59 Å². The van der Waals surface area contributed by atoms with Gasteiger partial charge in [0.05, 0.1) is 11.3 Å². The lowest BCUT2D eigenvalue weighted by atomic mass is 9.98. The second-order valence-electron chi connectivity index (χ2n) is 7.15. The van der Waals surface area contributed by atoms with E-state index in [9.17, 15) is 9.59 Å². The van der Waals surface area contributed by atoms with Crippen molar-refractivity contribution >= 4 is 28.7 Å². The van der Waals surface area contributed by atoms with Gasteiger partial charge in [-0.2, -0.15) is 0 Å². The second-order valence-corrected chi connectivity index (χ2v) is 7.15. The largest absolute Gasteiger partial charge is 0.354 e. The molecule has 0 unspecified atom stereocenters. The van der Waals surface area contributed by atoms with Crippen LogP contribution < -0.4 is 10.2 Å². The highest BCUT2D eigenvalue weighted by atomic mass is 16.2. The molecule has 8 nitrogen and oxygen atoms in total. The Morgan fingerprint density at radius 1 is 1.31 bits per heavy atom. The summed E-state index contributed by atoms with van der Waals surface area (Å²) >= 11 is 0. The topological polar surface area (TPSA) is 94.2 Å². The highest BCUT2D eigenvalue weighted by molar-refractivity contribution is 5.91. The van der Waals surface area contributed by atoms with Crippen LogP contribution >= 0.6 is 0 Å². The number of H-pyrrole nitrogens is 1. The number of likely N-dealkylation sites (tertiary alicyclic amines) is 1. The Balaban J connectivity index is 1.41. The number of hydrogen-bond donors (Lipinski definition) is 2. The number of anilines is 1. The Kier molecular flexibility index (Phi) is 4.26. The van der Waals surface area contributed by atoms with Gasteiger partial charge in [0.1, 0.15) is 17.8 Å². The van der Waals surface area contributed by atoms with Crippen LogP contribution in [0.3, 0.4) is 0 Å². The number of amides is 2. The molecule has 0 aliphatic carbocycles. The van der Waals surface area contributed by atoms with Gasteiger partial charge in [0.15, 0.2) is 0 Å². The summed E-state index contributed by atoms with van der Waals surface area (Å²) in [5.74, 6) is 0.955. The third-order valence-electron chi connectivity index (χ3n) is 5.44. The molecule has 0 aromatic carbocycles. The Bertz CT molecular complexity index is 841. The van der Waals surface area contributed by atoms with Gasteiger partial charge >= 0.3 is 0 Å². The highest BCUT2D eigenvalue weighted by Gasteiger charge is 2.36. The van der Waals surface area contributed by atoms with Crippen molar-refractivity contribution in [2.75, 3.05) is 31.1 Å². The van der Waals surface area contributed by atoms with Crippen LogP contribution in [0.25, 0.3) is 11.0 Å². The molecule has 8 heteroatoms. The first-order chi connectivity index (χ1) is 12.6. The predicted molar refractivity (Wildman–Crippen MR) is 97.8 cm³/mol. The summed E-state index contributed by atoms with van der Waals surface area (Å²) in [6, 6.07) is 0.114. The van der Waals surface area contributed by atoms with Crippen LogP contribution in [0.4, 0.5) is 5.82 Å². The lowest BCUT2D eigenvalue weighted by Gasteiger charge is -2.38. The Labute approximate surface area is 152 Å². The maximum absolute atomic E-state index is 12.4. The zero-order chi connectivity index (χ0) is 18.3. The van der Waals surface area contributed by atoms with Crippen molar-refractivity contribution in [1.29, 1.82) is 0 Å². The summed E-state index contributed by atoms with van der Waals surface area (Å²) < 4.78 is 0. The minimum atomic E-state index is -0.0740. The van der Waals surface area contributed by atoms with Gasteiger partial charge in [0, 0.05) is 45.3 Å². The number of aromatic amines is 1. The summed E-state index contributed by atoms with van der Waals surface area (Å²) in [6.07, 6.45) is 5.40. The van der Waals surface area contributed by atoms with Gasteiger partial charge < -0.3 is 20.1 Å². The van der Waals surface area contributed by atoms with Crippen molar-refractivity contribution in [3.8, 4) is 0 Å². The molecule has 4 heterocycles. The minimum Gasteiger partial charge on any atom is -0.354 e. The van der Waals surface area contributed by atoms with Gasteiger partial charge in [0.2, 0.25) is 11.8 Å². The normalized spacial score (nSPS) is 20.5. The van der Waals surface area contributed by atoms with E-state index in [0.717, 1.165) is 42.8 Å². The number of hydrogen-bond acceptors (Lipinski definition) is 5. The first-order valence-electron chi connectivity index (χ1n) is 9.18. The van der Waals surface area contributed by atoms with E-state index in [-0.39, 0.29) is 23.8 Å². The number of aryl methyl sites for hydroxylation is 1. The van der Waals surface area contributed by atoms with Crippen molar-refractivity contribution in [3.63, 3.8) is 0 Å². The van der Waals surface area contributed by atoms with Gasteiger partial charge in [0.25, 0.3) is 0 Å². The summed E-state index contributed by atoms with van der Waals surface area (Å²) in [7, 11) is 0. The Hall–Kier alpha value is -2.64. The maximum atomic E-state index is 12.4. The molecule has 2 aliphatic heterocycles. The van der Waals surface area contributed by atoms with Gasteiger partial charge in [-0.3, -0.25) is 9.59 Å². The van der Waals surface area contributed by atoms with Crippen LogP contribution in [-0.2, 0) is 16.0 Å². The quantitative estimate of drug-likeness (QED) is 0.841. The molecule has 2 fully saturated rings. The molecule has 2 amide bonds. The molecule has 2 N–H and O–H groups in total. The van der Waals surface area contributed by atoms with Gasteiger partial charge in [-0.05, 0) is 18.4 Å². The first-order valence-corrected chi connectivity index (χ1v) is 9.18. The summed E-state index contributed by atoms with van der Waals surface area (Å²) in [5, 5.41) is 4.22. The Morgan fingerprint density at radius 2 is 2.12 bits per heavy atom. The van der Waals surface area contributed by atoms with Gasteiger partial charge in [-0.15, -0.1) is 0 Å². The Morgan fingerprint density at radius 3 is 2.85 bits per heavy atom. The smallest absolute Gasteiger partial charge is 0.226 e. The third kappa shape index (κ3) is 2.89. The van der Waals surface area contributed by atoms with E-state index in [4.69, 9.17) is 0 Å². The van der Waals surface area contributed by atoms with Gasteiger partial charge in [-0.25, -0.2) is 9.97 Å². The monoisotopic (exact) mass is 356 g/mol. The number of carbonyl (C=O) groups is 2. The van der Waals surface area contributed by atoms with E-state index in [1.807, 2.05) is 6.20 Å². The average molecular weight is 356 g/mol. The lowest BCUT2D eigenvalue weighted by molar-refractivity contribution is -0.141. The zero-order valence-electron chi connectivity index (χ0n) is 15.2. The fourth-order valence-electron chi connectivity index (χ4n) is 3.82. The second kappa shape index (κ2) is 6.59. The van der Waals surface area contributed by atoms with E-state index in [1.54, 1.807) is 11.2 Å². The number of fused-ring (bicyclic) bond motifs is 1. The van der Waals surface area contributed by atoms with E-state index in [1.165, 1.54) is 12.5 Å². The third-order valence-corrected chi connectivity index (χ3v) is 5.44. The number of nitrogens with zero attached hydrogens (tertiary/aromatic N) is 4. The van der Waals surface area contributed by atoms with E-state index >= 15 is 0 Å². The van der Waals surface area contributed by atoms with Crippen molar-refractivity contribution in [3.05, 3.63) is 18.1 Å². The average Bonchev–Trinajstić information content (AvgIpc) is 3.19. The lowest BCUT2D eigenvalue weighted by Crippen LogP contribution is -2.56. The molecule has 26 heavy (non-hydrogen) atoms. The molecular formula is C18H24N6O2. The fourth-order valence-corrected chi connectivity index (χ4v) is 3.82. The minimum absolute atomic E-state index is 0.0344. The van der Waals surface area contributed by atoms with Crippen LogP contribution in [0.5, 0.6) is 0 Å². The number of nitrogens with one attached hydrogen (secondary N) is 2. The molecule has 0 spiro atoms. The van der Waals surface area contributed by atoms with Crippen LogP contribution in [0.2, 0.25) is 0 Å². The molecule has 2 aliphatic rings. The van der Waals surface area contributed by atoms with Crippen LogP contribution in [0.15, 0.2) is 12.5 Å². The van der Waals surface area contributed by atoms with E-state index < -0.39 is 0 Å². The fraction of sp³-hybridized carbons (Fsp3) is 0.556. The summed E-state index contributed by atoms with van der Waals surface area (Å²) in [6.45, 7) is 6.33. The number of carbonyl (C=O) groups excluding carboxylic acids is 2. The van der Waals surface area contributed by atoms with E-state index in [2.05, 4.69) is 32.1 Å². The molecule has 0 radical (unpaired) electrons. The van der Waals surface area contributed by atoms with E-state index in [0.29, 0.717) is 13.1 Å². The molecule has 2 saturated heterocycles. The predicted octanol–water partition coefficient (Wildman–Crippen LogP) is 0.694. The number of aromatic nitrogens is 3. The van der Waals surface area contributed by atoms with Crippen molar-refractivity contribution in [2.24, 2.45) is 5.92 Å². The molecule has 2 aromatic heterocycles. The SMILES string of the molecule is CCc1c[nH]c2ncnc(N3CC[C@H](NC(=O)C4CN(C(C)=O)C4)C3)c12.